The van der Waals surface area contributed by atoms with Gasteiger partial charge < -0.3 is 0 Å². The van der Waals surface area contributed by atoms with Crippen molar-refractivity contribution in [2.75, 3.05) is 0 Å². The van der Waals surface area contributed by atoms with Crippen molar-refractivity contribution in [1.82, 2.24) is 0 Å². The van der Waals surface area contributed by atoms with Gasteiger partial charge in [-0.2, -0.15) is 5.26 Å². The van der Waals surface area contributed by atoms with Crippen LogP contribution in [0.5, 0.6) is 0 Å². The average Bonchev–Trinajstić information content (AvgIpc) is 2.18. The van der Waals surface area contributed by atoms with Gasteiger partial charge in [-0.05, 0) is 17.7 Å². The van der Waals surface area contributed by atoms with Gasteiger partial charge in [0.15, 0.2) is 0 Å². The van der Waals surface area contributed by atoms with E-state index in [1.807, 2.05) is 6.07 Å². The predicted molar refractivity (Wildman–Crippen MR) is 51.3 cm³/mol. The lowest BCUT2D eigenvalue weighted by molar-refractivity contribution is -0.517. The molecule has 72 valence electrons. The smallest absolute Gasteiger partial charge is 0.214 e. The van der Waals surface area contributed by atoms with E-state index in [0.29, 0.717) is 12.0 Å². The first-order valence-electron chi connectivity index (χ1n) is 4.26. The van der Waals surface area contributed by atoms with Crippen LogP contribution in [0.4, 0.5) is 0 Å². The average molecular weight is 190 g/mol. The lowest BCUT2D eigenvalue weighted by Crippen LogP contribution is -2.17. The predicted octanol–water partition coefficient (Wildman–Crippen LogP) is 1.77. The van der Waals surface area contributed by atoms with E-state index >= 15 is 0 Å². The maximum Gasteiger partial charge on any atom is 0.214 e. The number of benzene rings is 1. The summed E-state index contributed by atoms with van der Waals surface area (Å²) in [6.07, 6.45) is 0.364. The summed E-state index contributed by atoms with van der Waals surface area (Å²) >= 11 is 0. The van der Waals surface area contributed by atoms with Gasteiger partial charge in [-0.15, -0.1) is 0 Å². The van der Waals surface area contributed by atoms with Crippen LogP contribution in [-0.4, -0.2) is 11.0 Å². The molecule has 1 unspecified atom stereocenters. The first-order valence-corrected chi connectivity index (χ1v) is 4.26. The van der Waals surface area contributed by atoms with E-state index in [2.05, 4.69) is 0 Å². The standard InChI is InChI=1S/C10H10N2O2/c1-8(12(13)14)5-9-3-2-4-10(6-9)7-11/h2-4,6,8H,5H2,1H3. The van der Waals surface area contributed by atoms with Gasteiger partial charge in [0.05, 0.1) is 11.6 Å². The third kappa shape index (κ3) is 2.56. The van der Waals surface area contributed by atoms with Crippen LogP contribution >= 0.6 is 0 Å². The van der Waals surface area contributed by atoms with Crippen molar-refractivity contribution >= 4 is 0 Å². The number of hydrogen-bond acceptors (Lipinski definition) is 3. The fraction of sp³-hybridized carbons (Fsp3) is 0.300. The van der Waals surface area contributed by atoms with Crippen molar-refractivity contribution in [3.8, 4) is 6.07 Å². The maximum atomic E-state index is 10.4. The lowest BCUT2D eigenvalue weighted by Gasteiger charge is -2.03. The lowest BCUT2D eigenvalue weighted by atomic mass is 10.1. The molecule has 0 N–H and O–H groups in total. The molecule has 1 aromatic carbocycles. The van der Waals surface area contributed by atoms with Gasteiger partial charge in [-0.3, -0.25) is 10.1 Å². The van der Waals surface area contributed by atoms with Crippen molar-refractivity contribution in [1.29, 1.82) is 5.26 Å². The summed E-state index contributed by atoms with van der Waals surface area (Å²) in [5.74, 6) is 0. The summed E-state index contributed by atoms with van der Waals surface area (Å²) in [4.78, 5) is 10.1. The molecule has 1 rings (SSSR count). The van der Waals surface area contributed by atoms with Crippen LogP contribution in [0, 0.1) is 21.4 Å². The van der Waals surface area contributed by atoms with Gasteiger partial charge in [-0.25, -0.2) is 0 Å². The molecule has 0 aliphatic carbocycles. The van der Waals surface area contributed by atoms with Gasteiger partial charge in [0.1, 0.15) is 0 Å². The fourth-order valence-electron chi connectivity index (χ4n) is 1.18. The second-order valence-corrected chi connectivity index (χ2v) is 3.15. The van der Waals surface area contributed by atoms with E-state index in [-0.39, 0.29) is 4.92 Å². The zero-order chi connectivity index (χ0) is 10.6. The molecule has 4 nitrogen and oxygen atoms in total. The molecule has 0 bridgehead atoms. The summed E-state index contributed by atoms with van der Waals surface area (Å²) in [6, 6.07) is 8.28. The van der Waals surface area contributed by atoms with E-state index in [4.69, 9.17) is 5.26 Å². The van der Waals surface area contributed by atoms with E-state index in [0.717, 1.165) is 5.56 Å². The zero-order valence-electron chi connectivity index (χ0n) is 7.80. The molecule has 1 atom stereocenters. The summed E-state index contributed by atoms with van der Waals surface area (Å²) < 4.78 is 0. The maximum absolute atomic E-state index is 10.4. The van der Waals surface area contributed by atoms with Gasteiger partial charge in [0.25, 0.3) is 0 Å². The van der Waals surface area contributed by atoms with Crippen LogP contribution in [0.2, 0.25) is 0 Å². The van der Waals surface area contributed by atoms with Crippen LogP contribution in [0.25, 0.3) is 0 Å². The van der Waals surface area contributed by atoms with Crippen LogP contribution < -0.4 is 0 Å². The molecule has 14 heavy (non-hydrogen) atoms. The van der Waals surface area contributed by atoms with E-state index < -0.39 is 6.04 Å². The number of rotatable bonds is 3. The number of hydrogen-bond donors (Lipinski definition) is 0. The highest BCUT2D eigenvalue weighted by Gasteiger charge is 2.13. The van der Waals surface area contributed by atoms with Crippen molar-refractivity contribution in [2.24, 2.45) is 0 Å². The van der Waals surface area contributed by atoms with Crippen molar-refractivity contribution < 1.29 is 4.92 Å². The molecule has 0 saturated heterocycles. The highest BCUT2D eigenvalue weighted by Crippen LogP contribution is 2.08. The van der Waals surface area contributed by atoms with E-state index in [1.165, 1.54) is 0 Å². The second kappa shape index (κ2) is 4.38. The van der Waals surface area contributed by atoms with Crippen LogP contribution in [-0.2, 0) is 6.42 Å². The largest absolute Gasteiger partial charge is 0.264 e. The third-order valence-electron chi connectivity index (χ3n) is 1.95. The number of nitrogens with zero attached hydrogens (tertiary/aromatic N) is 2. The highest BCUT2D eigenvalue weighted by atomic mass is 16.6. The highest BCUT2D eigenvalue weighted by molar-refractivity contribution is 5.32. The Morgan fingerprint density at radius 3 is 2.93 bits per heavy atom. The molecular formula is C10H10N2O2. The molecule has 0 spiro atoms. The Balaban J connectivity index is 2.78. The van der Waals surface area contributed by atoms with E-state index in [9.17, 15) is 10.1 Å². The SMILES string of the molecule is CC(Cc1cccc(C#N)c1)[N+](=O)[O-]. The topological polar surface area (TPSA) is 66.9 Å². The van der Waals surface area contributed by atoms with Crippen molar-refractivity contribution in [3.63, 3.8) is 0 Å². The molecule has 0 heterocycles. The molecule has 0 amide bonds. The first kappa shape index (κ1) is 10.2. The molecule has 0 aliphatic heterocycles. The van der Waals surface area contributed by atoms with Crippen LogP contribution in [0.3, 0.4) is 0 Å². The Labute approximate surface area is 81.9 Å². The summed E-state index contributed by atoms with van der Waals surface area (Å²) in [5, 5.41) is 19.0. The minimum Gasteiger partial charge on any atom is -0.264 e. The van der Waals surface area contributed by atoms with Crippen molar-refractivity contribution in [3.05, 3.63) is 45.5 Å². The first-order chi connectivity index (χ1) is 6.63. The second-order valence-electron chi connectivity index (χ2n) is 3.15. The zero-order valence-corrected chi connectivity index (χ0v) is 7.80. The van der Waals surface area contributed by atoms with Gasteiger partial charge in [0, 0.05) is 18.3 Å². The Morgan fingerprint density at radius 1 is 1.64 bits per heavy atom. The van der Waals surface area contributed by atoms with Crippen LogP contribution in [0.1, 0.15) is 18.1 Å². The summed E-state index contributed by atoms with van der Waals surface area (Å²) in [5.41, 5.74) is 1.37. The van der Waals surface area contributed by atoms with Gasteiger partial charge in [0.2, 0.25) is 6.04 Å². The summed E-state index contributed by atoms with van der Waals surface area (Å²) in [7, 11) is 0. The fourth-order valence-corrected chi connectivity index (χ4v) is 1.18. The van der Waals surface area contributed by atoms with Crippen molar-refractivity contribution in [2.45, 2.75) is 19.4 Å². The Bertz CT molecular complexity index is 382. The Morgan fingerprint density at radius 2 is 2.36 bits per heavy atom. The molecule has 0 saturated carbocycles. The van der Waals surface area contributed by atoms with Gasteiger partial charge >= 0.3 is 0 Å². The molecule has 1 aromatic rings. The normalized spacial score (nSPS) is 11.7. The molecule has 0 fully saturated rings. The summed E-state index contributed by atoms with van der Waals surface area (Å²) in [6.45, 7) is 1.55. The van der Waals surface area contributed by atoms with Gasteiger partial charge in [-0.1, -0.05) is 12.1 Å². The quantitative estimate of drug-likeness (QED) is 0.538. The molecule has 0 aliphatic rings. The molecular weight excluding hydrogens is 180 g/mol. The minimum absolute atomic E-state index is 0.320. The third-order valence-corrected chi connectivity index (χ3v) is 1.95. The molecule has 4 heteroatoms. The monoisotopic (exact) mass is 190 g/mol. The number of nitro groups is 1. The van der Waals surface area contributed by atoms with Crippen LogP contribution in [0.15, 0.2) is 24.3 Å². The Kier molecular flexibility index (Phi) is 3.19. The minimum atomic E-state index is -0.607. The number of nitriles is 1. The Hall–Kier alpha value is -1.89. The molecule has 0 radical (unpaired) electrons. The molecule has 0 aromatic heterocycles. The van der Waals surface area contributed by atoms with E-state index in [1.54, 1.807) is 31.2 Å².